The van der Waals surface area contributed by atoms with Gasteiger partial charge in [0.1, 0.15) is 12.1 Å². The number of anilines is 1. The summed E-state index contributed by atoms with van der Waals surface area (Å²) in [6.07, 6.45) is 3.90. The molecule has 8 heteroatoms. The van der Waals surface area contributed by atoms with Crippen molar-refractivity contribution in [2.24, 2.45) is 5.10 Å². The third-order valence-electron chi connectivity index (χ3n) is 3.57. The average Bonchev–Trinajstić information content (AvgIpc) is 2.86. The van der Waals surface area contributed by atoms with Crippen LogP contribution in [0, 0.1) is 22.7 Å². The van der Waals surface area contributed by atoms with E-state index in [-0.39, 0.29) is 10.6 Å². The van der Waals surface area contributed by atoms with Gasteiger partial charge in [0.05, 0.1) is 10.6 Å². The number of hydrazone groups is 1. The molecule has 120 valence electrons. The van der Waals surface area contributed by atoms with Gasteiger partial charge in [0, 0.05) is 13.1 Å². The lowest BCUT2D eigenvalue weighted by atomic mass is 10.2. The summed E-state index contributed by atoms with van der Waals surface area (Å²) in [7, 11) is -3.48. The lowest BCUT2D eigenvalue weighted by Gasteiger charge is -2.20. The van der Waals surface area contributed by atoms with Crippen molar-refractivity contribution in [3.05, 3.63) is 24.3 Å². The van der Waals surface area contributed by atoms with E-state index < -0.39 is 10.0 Å². The molecule has 1 heterocycles. The van der Waals surface area contributed by atoms with Crippen LogP contribution in [-0.4, -0.2) is 31.5 Å². The summed E-state index contributed by atoms with van der Waals surface area (Å²) in [5, 5.41) is 20.8. The maximum absolute atomic E-state index is 12.6. The second-order valence-corrected chi connectivity index (χ2v) is 7.08. The molecule has 23 heavy (non-hydrogen) atoms. The number of nitrogens with one attached hydrogen (secondary N) is 1. The molecular formula is C15H17N5O2S. The van der Waals surface area contributed by atoms with Gasteiger partial charge in [-0.05, 0) is 37.1 Å². The number of hydrogen-bond donors (Lipinski definition) is 1. The molecule has 1 aliphatic heterocycles. The van der Waals surface area contributed by atoms with E-state index in [0.29, 0.717) is 18.8 Å². The van der Waals surface area contributed by atoms with Crippen LogP contribution in [0.2, 0.25) is 0 Å². The maximum atomic E-state index is 12.6. The van der Waals surface area contributed by atoms with Crippen LogP contribution in [0.15, 0.2) is 34.3 Å². The van der Waals surface area contributed by atoms with E-state index in [4.69, 9.17) is 10.5 Å². The third kappa shape index (κ3) is 4.28. The number of nitriles is 2. The van der Waals surface area contributed by atoms with Crippen molar-refractivity contribution in [2.75, 3.05) is 18.5 Å². The van der Waals surface area contributed by atoms with Crippen molar-refractivity contribution < 1.29 is 8.42 Å². The quantitative estimate of drug-likeness (QED) is 0.671. The number of sulfonamides is 1. The van der Waals surface area contributed by atoms with Gasteiger partial charge < -0.3 is 0 Å². The summed E-state index contributed by atoms with van der Waals surface area (Å²) >= 11 is 0. The maximum Gasteiger partial charge on any atom is 0.243 e. The number of rotatable bonds is 4. The largest absolute Gasteiger partial charge is 0.277 e. The van der Waals surface area contributed by atoms with Crippen molar-refractivity contribution in [3.8, 4) is 12.1 Å². The molecule has 7 nitrogen and oxygen atoms in total. The zero-order valence-corrected chi connectivity index (χ0v) is 13.4. The summed E-state index contributed by atoms with van der Waals surface area (Å²) in [6.45, 7) is 1.11. The van der Waals surface area contributed by atoms with E-state index in [2.05, 4.69) is 10.5 Å². The van der Waals surface area contributed by atoms with Gasteiger partial charge >= 0.3 is 0 Å². The summed E-state index contributed by atoms with van der Waals surface area (Å²) in [6, 6.07) is 9.37. The topological polar surface area (TPSA) is 109 Å². The predicted octanol–water partition coefficient (Wildman–Crippen LogP) is 2.07. The molecule has 1 N–H and O–H groups in total. The first-order chi connectivity index (χ1) is 11.1. The van der Waals surface area contributed by atoms with Crippen LogP contribution in [0.25, 0.3) is 0 Å². The Hall–Kier alpha value is -2.42. The zero-order chi connectivity index (χ0) is 16.7. The summed E-state index contributed by atoms with van der Waals surface area (Å²) < 4.78 is 26.7. The SMILES string of the molecule is N#CC(C#N)=NNc1ccc(S(=O)(=O)N2CCCCCC2)cc1. The van der Waals surface area contributed by atoms with Gasteiger partial charge in [-0.2, -0.15) is 19.9 Å². The summed E-state index contributed by atoms with van der Waals surface area (Å²) in [5.74, 6) is 0. The molecule has 0 unspecified atom stereocenters. The minimum atomic E-state index is -3.48. The molecule has 1 fully saturated rings. The van der Waals surface area contributed by atoms with Gasteiger partial charge in [-0.3, -0.25) is 5.43 Å². The Labute approximate surface area is 135 Å². The molecule has 1 aromatic rings. The van der Waals surface area contributed by atoms with Crippen LogP contribution in [0.5, 0.6) is 0 Å². The first kappa shape index (κ1) is 16.9. The Morgan fingerprint density at radius 1 is 1.04 bits per heavy atom. The number of nitrogens with zero attached hydrogens (tertiary/aromatic N) is 4. The van der Waals surface area contributed by atoms with Crippen molar-refractivity contribution in [1.82, 2.24) is 4.31 Å². The zero-order valence-electron chi connectivity index (χ0n) is 12.6. The van der Waals surface area contributed by atoms with Crippen molar-refractivity contribution >= 4 is 21.4 Å². The molecule has 0 atom stereocenters. The first-order valence-corrected chi connectivity index (χ1v) is 8.76. The fraction of sp³-hybridized carbons (Fsp3) is 0.400. The summed E-state index contributed by atoms with van der Waals surface area (Å²) in [4.78, 5) is 0.231. The Kier molecular flexibility index (Phi) is 5.69. The molecule has 2 rings (SSSR count). The highest BCUT2D eigenvalue weighted by atomic mass is 32.2. The molecule has 1 aromatic carbocycles. The van der Waals surface area contributed by atoms with E-state index in [9.17, 15) is 8.42 Å². The molecule has 1 aliphatic rings. The van der Waals surface area contributed by atoms with Crippen LogP contribution < -0.4 is 5.43 Å². The van der Waals surface area contributed by atoms with E-state index in [0.717, 1.165) is 25.7 Å². The Morgan fingerprint density at radius 3 is 2.13 bits per heavy atom. The van der Waals surface area contributed by atoms with Gasteiger partial charge in [0.25, 0.3) is 0 Å². The summed E-state index contributed by atoms with van der Waals surface area (Å²) in [5.41, 5.74) is 2.75. The van der Waals surface area contributed by atoms with Crippen LogP contribution >= 0.6 is 0 Å². The lowest BCUT2D eigenvalue weighted by Crippen LogP contribution is -2.31. The highest BCUT2D eigenvalue weighted by Crippen LogP contribution is 2.21. The molecular weight excluding hydrogens is 314 g/mol. The van der Waals surface area contributed by atoms with E-state index >= 15 is 0 Å². The molecule has 0 aliphatic carbocycles. The van der Waals surface area contributed by atoms with Gasteiger partial charge in [-0.1, -0.05) is 12.8 Å². The van der Waals surface area contributed by atoms with E-state index in [1.54, 1.807) is 24.3 Å². The van der Waals surface area contributed by atoms with Crippen LogP contribution in [-0.2, 0) is 10.0 Å². The smallest absolute Gasteiger partial charge is 0.243 e. The fourth-order valence-corrected chi connectivity index (χ4v) is 3.85. The lowest BCUT2D eigenvalue weighted by molar-refractivity contribution is 0.424. The molecule has 0 spiro atoms. The molecule has 1 saturated heterocycles. The predicted molar refractivity (Wildman–Crippen MR) is 86.0 cm³/mol. The monoisotopic (exact) mass is 331 g/mol. The van der Waals surface area contributed by atoms with Crippen LogP contribution in [0.3, 0.4) is 0 Å². The Morgan fingerprint density at radius 2 is 1.61 bits per heavy atom. The van der Waals surface area contributed by atoms with Crippen molar-refractivity contribution in [1.29, 1.82) is 10.5 Å². The minimum absolute atomic E-state index is 0.231. The average molecular weight is 331 g/mol. The van der Waals surface area contributed by atoms with Gasteiger partial charge in [-0.15, -0.1) is 0 Å². The highest BCUT2D eigenvalue weighted by molar-refractivity contribution is 7.89. The Bertz CT molecular complexity index is 733. The molecule has 0 bridgehead atoms. The second-order valence-electron chi connectivity index (χ2n) is 5.14. The van der Waals surface area contributed by atoms with Crippen molar-refractivity contribution in [2.45, 2.75) is 30.6 Å². The molecule has 0 aromatic heterocycles. The van der Waals surface area contributed by atoms with Crippen LogP contribution in [0.4, 0.5) is 5.69 Å². The molecule has 0 radical (unpaired) electrons. The third-order valence-corrected chi connectivity index (χ3v) is 5.48. The fourth-order valence-electron chi connectivity index (χ4n) is 2.33. The first-order valence-electron chi connectivity index (χ1n) is 7.32. The standard InChI is InChI=1S/C15H17N5O2S/c16-11-14(12-17)19-18-13-5-7-15(8-6-13)23(21,22)20-9-3-1-2-4-10-20/h5-8,18H,1-4,9-10H2. The van der Waals surface area contributed by atoms with E-state index in [1.165, 1.54) is 16.4 Å². The highest BCUT2D eigenvalue weighted by Gasteiger charge is 2.24. The number of hydrogen-bond acceptors (Lipinski definition) is 6. The van der Waals surface area contributed by atoms with Crippen LogP contribution in [0.1, 0.15) is 25.7 Å². The van der Waals surface area contributed by atoms with Gasteiger partial charge in [0.15, 0.2) is 0 Å². The number of benzene rings is 1. The van der Waals surface area contributed by atoms with Crippen molar-refractivity contribution in [3.63, 3.8) is 0 Å². The van der Waals surface area contributed by atoms with Gasteiger partial charge in [0.2, 0.25) is 15.7 Å². The van der Waals surface area contributed by atoms with E-state index in [1.807, 2.05) is 0 Å². The second kappa shape index (κ2) is 7.73. The normalized spacial score (nSPS) is 15.7. The molecule has 0 saturated carbocycles. The van der Waals surface area contributed by atoms with Gasteiger partial charge in [-0.25, -0.2) is 8.42 Å². The Balaban J connectivity index is 2.14. The minimum Gasteiger partial charge on any atom is -0.277 e. The molecule has 0 amide bonds.